The van der Waals surface area contributed by atoms with Crippen molar-refractivity contribution in [2.45, 2.75) is 70.6 Å². The largest absolute Gasteiger partial charge is 0.375 e. The van der Waals surface area contributed by atoms with Crippen molar-refractivity contribution < 1.29 is 9.13 Å². The van der Waals surface area contributed by atoms with E-state index >= 15 is 0 Å². The molecule has 3 heteroatoms. The molecule has 1 saturated heterocycles. The fourth-order valence-corrected chi connectivity index (χ4v) is 3.97. The first-order valence-corrected chi connectivity index (χ1v) is 8.21. The molecule has 2 fully saturated rings. The summed E-state index contributed by atoms with van der Waals surface area (Å²) < 4.78 is 19.7. The van der Waals surface area contributed by atoms with Gasteiger partial charge in [0.05, 0.1) is 5.60 Å². The van der Waals surface area contributed by atoms with Gasteiger partial charge in [-0.2, -0.15) is 0 Å². The molecular formula is C18H26FNO. The number of hydrogen-bond donors (Lipinski definition) is 1. The van der Waals surface area contributed by atoms with Crippen LogP contribution in [0.1, 0.15) is 55.2 Å². The van der Waals surface area contributed by atoms with Crippen LogP contribution >= 0.6 is 0 Å². The van der Waals surface area contributed by atoms with E-state index in [0.29, 0.717) is 6.04 Å². The third kappa shape index (κ3) is 3.29. The van der Waals surface area contributed by atoms with Gasteiger partial charge in [0.15, 0.2) is 0 Å². The van der Waals surface area contributed by atoms with Gasteiger partial charge in [-0.15, -0.1) is 0 Å². The summed E-state index contributed by atoms with van der Waals surface area (Å²) in [6, 6.07) is 4.45. The zero-order valence-corrected chi connectivity index (χ0v) is 13.2. The summed E-state index contributed by atoms with van der Waals surface area (Å²) in [5, 5.41) is 3.66. The van der Waals surface area contributed by atoms with Crippen LogP contribution in [0.2, 0.25) is 0 Å². The molecule has 1 heterocycles. The number of hydrogen-bond acceptors (Lipinski definition) is 2. The predicted octanol–water partition coefficient (Wildman–Crippen LogP) is 4.02. The van der Waals surface area contributed by atoms with Crippen LogP contribution in [0.25, 0.3) is 0 Å². The van der Waals surface area contributed by atoms with E-state index in [1.54, 1.807) is 0 Å². The van der Waals surface area contributed by atoms with E-state index in [9.17, 15) is 4.39 Å². The molecule has 1 spiro atoms. The Labute approximate surface area is 127 Å². The fourth-order valence-electron chi connectivity index (χ4n) is 3.97. The molecule has 1 atom stereocenters. The first-order valence-electron chi connectivity index (χ1n) is 8.21. The van der Waals surface area contributed by atoms with Crippen molar-refractivity contribution in [2.24, 2.45) is 0 Å². The highest BCUT2D eigenvalue weighted by molar-refractivity contribution is 5.30. The molecule has 3 rings (SSSR count). The lowest BCUT2D eigenvalue weighted by molar-refractivity contribution is -0.0837. The molecule has 1 aliphatic carbocycles. The van der Waals surface area contributed by atoms with Crippen LogP contribution in [-0.4, -0.2) is 18.2 Å². The lowest BCUT2D eigenvalue weighted by Gasteiger charge is -2.38. The minimum Gasteiger partial charge on any atom is -0.375 e. The topological polar surface area (TPSA) is 21.3 Å². The Morgan fingerprint density at radius 3 is 2.57 bits per heavy atom. The molecule has 2 aliphatic rings. The minimum atomic E-state index is -0.0743. The van der Waals surface area contributed by atoms with Crippen molar-refractivity contribution in [3.8, 4) is 0 Å². The van der Waals surface area contributed by atoms with Gasteiger partial charge in [0.1, 0.15) is 5.82 Å². The van der Waals surface area contributed by atoms with E-state index in [1.807, 2.05) is 26.0 Å². The first kappa shape index (κ1) is 15.0. The van der Waals surface area contributed by atoms with Crippen molar-refractivity contribution in [2.75, 3.05) is 6.61 Å². The zero-order valence-electron chi connectivity index (χ0n) is 13.2. The van der Waals surface area contributed by atoms with E-state index in [-0.39, 0.29) is 11.4 Å². The molecule has 2 nitrogen and oxygen atoms in total. The molecule has 21 heavy (non-hydrogen) atoms. The number of ether oxygens (including phenoxy) is 1. The van der Waals surface area contributed by atoms with Crippen molar-refractivity contribution in [3.05, 3.63) is 34.6 Å². The van der Waals surface area contributed by atoms with E-state index in [0.717, 1.165) is 37.1 Å². The summed E-state index contributed by atoms with van der Waals surface area (Å²) in [7, 11) is 0. The van der Waals surface area contributed by atoms with Crippen LogP contribution in [0, 0.1) is 19.7 Å². The average molecular weight is 291 g/mol. The molecule has 0 amide bonds. The highest BCUT2D eigenvalue weighted by Crippen LogP contribution is 2.40. The van der Waals surface area contributed by atoms with Crippen LogP contribution < -0.4 is 5.32 Å². The van der Waals surface area contributed by atoms with Gasteiger partial charge in [0, 0.05) is 19.2 Å². The van der Waals surface area contributed by atoms with Gasteiger partial charge in [0.2, 0.25) is 0 Å². The number of nitrogens with one attached hydrogen (secondary N) is 1. The molecule has 1 aliphatic heterocycles. The Bertz CT molecular complexity index is 485. The number of aryl methyl sites for hydroxylation is 2. The standard InChI is InChI=1S/C18H26FNO/c1-13-9-15(10-14(2)17(13)19)12-20-16-5-8-21-18(11-16)6-3-4-7-18/h9-10,16,20H,3-8,11-12H2,1-2H3. The minimum absolute atomic E-state index is 0.0743. The molecule has 0 bridgehead atoms. The number of benzene rings is 1. The maximum atomic E-state index is 13.7. The Morgan fingerprint density at radius 2 is 1.90 bits per heavy atom. The van der Waals surface area contributed by atoms with Crippen molar-refractivity contribution in [1.29, 1.82) is 0 Å². The van der Waals surface area contributed by atoms with Gasteiger partial charge in [-0.05, 0) is 56.2 Å². The Morgan fingerprint density at radius 1 is 1.24 bits per heavy atom. The van der Waals surface area contributed by atoms with E-state index in [2.05, 4.69) is 5.32 Å². The molecule has 116 valence electrons. The molecule has 1 aromatic carbocycles. The zero-order chi connectivity index (χ0) is 14.9. The highest BCUT2D eigenvalue weighted by atomic mass is 19.1. The van der Waals surface area contributed by atoms with Gasteiger partial charge in [-0.1, -0.05) is 25.0 Å². The summed E-state index contributed by atoms with van der Waals surface area (Å²) in [5.74, 6) is -0.0743. The Hall–Kier alpha value is -0.930. The normalized spacial score (nSPS) is 24.6. The summed E-state index contributed by atoms with van der Waals surface area (Å²) in [6.45, 7) is 5.38. The van der Waals surface area contributed by atoms with Crippen LogP contribution in [0.5, 0.6) is 0 Å². The monoisotopic (exact) mass is 291 g/mol. The fraction of sp³-hybridized carbons (Fsp3) is 0.667. The van der Waals surface area contributed by atoms with Crippen LogP contribution in [0.3, 0.4) is 0 Å². The van der Waals surface area contributed by atoms with Crippen LogP contribution in [0.4, 0.5) is 4.39 Å². The number of rotatable bonds is 3. The third-order valence-corrected chi connectivity index (χ3v) is 5.10. The smallest absolute Gasteiger partial charge is 0.129 e. The SMILES string of the molecule is Cc1cc(CNC2CCOC3(CCCC3)C2)cc(C)c1F. The van der Waals surface area contributed by atoms with Gasteiger partial charge in [-0.3, -0.25) is 0 Å². The van der Waals surface area contributed by atoms with Crippen LogP contribution in [-0.2, 0) is 11.3 Å². The summed E-state index contributed by atoms with van der Waals surface area (Å²) in [4.78, 5) is 0. The van der Waals surface area contributed by atoms with Gasteiger partial charge in [-0.25, -0.2) is 4.39 Å². The Balaban J connectivity index is 1.60. The van der Waals surface area contributed by atoms with Gasteiger partial charge in [0.25, 0.3) is 0 Å². The highest BCUT2D eigenvalue weighted by Gasteiger charge is 2.39. The maximum absolute atomic E-state index is 13.7. The molecule has 0 aromatic heterocycles. The molecular weight excluding hydrogens is 265 g/mol. The number of halogens is 1. The van der Waals surface area contributed by atoms with Crippen LogP contribution in [0.15, 0.2) is 12.1 Å². The lowest BCUT2D eigenvalue weighted by atomic mass is 9.89. The lowest BCUT2D eigenvalue weighted by Crippen LogP contribution is -2.45. The predicted molar refractivity (Wildman–Crippen MR) is 82.9 cm³/mol. The van der Waals surface area contributed by atoms with E-state index in [1.165, 1.54) is 31.2 Å². The molecule has 0 radical (unpaired) electrons. The van der Waals surface area contributed by atoms with E-state index < -0.39 is 0 Å². The summed E-state index contributed by atoms with van der Waals surface area (Å²) in [6.07, 6.45) is 7.28. The Kier molecular flexibility index (Phi) is 4.32. The van der Waals surface area contributed by atoms with Crippen molar-refractivity contribution in [3.63, 3.8) is 0 Å². The summed E-state index contributed by atoms with van der Waals surface area (Å²) in [5.41, 5.74) is 2.82. The maximum Gasteiger partial charge on any atom is 0.129 e. The van der Waals surface area contributed by atoms with Gasteiger partial charge >= 0.3 is 0 Å². The second-order valence-corrected chi connectivity index (χ2v) is 6.85. The van der Waals surface area contributed by atoms with E-state index in [4.69, 9.17) is 4.74 Å². The molecule has 1 saturated carbocycles. The first-order chi connectivity index (χ1) is 10.1. The van der Waals surface area contributed by atoms with Crippen molar-refractivity contribution in [1.82, 2.24) is 5.32 Å². The third-order valence-electron chi connectivity index (χ3n) is 5.10. The quantitative estimate of drug-likeness (QED) is 0.908. The van der Waals surface area contributed by atoms with Gasteiger partial charge < -0.3 is 10.1 Å². The molecule has 1 N–H and O–H groups in total. The molecule has 1 aromatic rings. The second-order valence-electron chi connectivity index (χ2n) is 6.85. The molecule has 1 unspecified atom stereocenters. The summed E-state index contributed by atoms with van der Waals surface area (Å²) >= 11 is 0. The van der Waals surface area contributed by atoms with Crippen molar-refractivity contribution >= 4 is 0 Å². The average Bonchev–Trinajstić information content (AvgIpc) is 2.90. The second kappa shape index (κ2) is 6.05.